The first-order valence-corrected chi connectivity index (χ1v) is 5.54. The SMILES string of the molecule is CCC(S)C(CC)c1ccccc1. The predicted octanol–water partition coefficient (Wildman–Crippen LogP) is 3.89. The van der Waals surface area contributed by atoms with E-state index in [1.165, 1.54) is 12.0 Å². The van der Waals surface area contributed by atoms with Crippen LogP contribution in [0.2, 0.25) is 0 Å². The Bertz CT molecular complexity index is 230. The summed E-state index contributed by atoms with van der Waals surface area (Å²) in [5.74, 6) is 0.606. The molecule has 0 bridgehead atoms. The maximum atomic E-state index is 4.62. The summed E-state index contributed by atoms with van der Waals surface area (Å²) in [6, 6.07) is 10.7. The molecule has 0 nitrogen and oxygen atoms in total. The Balaban J connectivity index is 2.78. The van der Waals surface area contributed by atoms with Crippen LogP contribution in [-0.2, 0) is 0 Å². The first-order chi connectivity index (χ1) is 6.29. The summed E-state index contributed by atoms with van der Waals surface area (Å²) in [6.07, 6.45) is 2.31. The van der Waals surface area contributed by atoms with Crippen molar-refractivity contribution in [1.29, 1.82) is 0 Å². The molecule has 0 saturated carbocycles. The van der Waals surface area contributed by atoms with Crippen LogP contribution >= 0.6 is 12.6 Å². The van der Waals surface area contributed by atoms with Crippen LogP contribution in [0, 0.1) is 0 Å². The second kappa shape index (κ2) is 5.33. The maximum absolute atomic E-state index is 4.62. The number of hydrogen-bond donors (Lipinski definition) is 1. The van der Waals surface area contributed by atoms with E-state index < -0.39 is 0 Å². The summed E-state index contributed by atoms with van der Waals surface area (Å²) in [7, 11) is 0. The van der Waals surface area contributed by atoms with Crippen molar-refractivity contribution in [2.75, 3.05) is 0 Å². The van der Waals surface area contributed by atoms with Crippen molar-refractivity contribution in [2.45, 2.75) is 37.9 Å². The Kier molecular flexibility index (Phi) is 4.37. The molecule has 1 aromatic carbocycles. The Hall–Kier alpha value is -0.430. The molecule has 72 valence electrons. The van der Waals surface area contributed by atoms with Gasteiger partial charge in [-0.25, -0.2) is 0 Å². The van der Waals surface area contributed by atoms with Gasteiger partial charge in [-0.15, -0.1) is 0 Å². The molecule has 0 fully saturated rings. The third-order valence-electron chi connectivity index (χ3n) is 2.55. The van der Waals surface area contributed by atoms with Gasteiger partial charge in [-0.05, 0) is 24.3 Å². The second-order valence-corrected chi connectivity index (χ2v) is 4.06. The normalized spacial score (nSPS) is 15.3. The molecule has 0 heterocycles. The van der Waals surface area contributed by atoms with Crippen LogP contribution in [-0.4, -0.2) is 5.25 Å². The van der Waals surface area contributed by atoms with E-state index in [4.69, 9.17) is 0 Å². The lowest BCUT2D eigenvalue weighted by Gasteiger charge is -2.20. The van der Waals surface area contributed by atoms with Gasteiger partial charge in [0.25, 0.3) is 0 Å². The van der Waals surface area contributed by atoms with Crippen molar-refractivity contribution in [1.82, 2.24) is 0 Å². The monoisotopic (exact) mass is 194 g/mol. The summed E-state index contributed by atoms with van der Waals surface area (Å²) in [4.78, 5) is 0. The molecule has 0 radical (unpaired) electrons. The standard InChI is InChI=1S/C12H18S/c1-3-11(12(13)4-2)10-8-6-5-7-9-10/h5-9,11-13H,3-4H2,1-2H3. The fraction of sp³-hybridized carbons (Fsp3) is 0.500. The molecule has 13 heavy (non-hydrogen) atoms. The molecule has 0 saturated heterocycles. The summed E-state index contributed by atoms with van der Waals surface area (Å²) in [6.45, 7) is 4.43. The number of hydrogen-bond acceptors (Lipinski definition) is 1. The lowest BCUT2D eigenvalue weighted by Crippen LogP contribution is -2.10. The molecule has 2 unspecified atom stereocenters. The van der Waals surface area contributed by atoms with E-state index in [9.17, 15) is 0 Å². The molecule has 0 aromatic heterocycles. The van der Waals surface area contributed by atoms with E-state index in [2.05, 4.69) is 56.8 Å². The van der Waals surface area contributed by atoms with Gasteiger partial charge >= 0.3 is 0 Å². The van der Waals surface area contributed by atoms with Crippen molar-refractivity contribution < 1.29 is 0 Å². The molecule has 0 spiro atoms. The molecule has 1 heteroatoms. The summed E-state index contributed by atoms with van der Waals surface area (Å²) in [5, 5.41) is 0.493. The molecule has 0 aliphatic carbocycles. The highest BCUT2D eigenvalue weighted by atomic mass is 32.1. The topological polar surface area (TPSA) is 0 Å². The van der Waals surface area contributed by atoms with Crippen molar-refractivity contribution in [3.8, 4) is 0 Å². The van der Waals surface area contributed by atoms with Gasteiger partial charge in [0.05, 0.1) is 0 Å². The van der Waals surface area contributed by atoms with Crippen molar-refractivity contribution in [2.24, 2.45) is 0 Å². The van der Waals surface area contributed by atoms with Crippen LogP contribution in [0.15, 0.2) is 30.3 Å². The molecule has 0 aliphatic heterocycles. The summed E-state index contributed by atoms with van der Waals surface area (Å²) in [5.41, 5.74) is 1.42. The second-order valence-electron chi connectivity index (χ2n) is 3.40. The van der Waals surface area contributed by atoms with Crippen LogP contribution in [0.3, 0.4) is 0 Å². The van der Waals surface area contributed by atoms with Gasteiger partial charge in [-0.3, -0.25) is 0 Å². The minimum atomic E-state index is 0.493. The average molecular weight is 194 g/mol. The first kappa shape index (κ1) is 10.6. The Labute approximate surface area is 86.8 Å². The molecular formula is C12H18S. The molecule has 0 aliphatic rings. The lowest BCUT2D eigenvalue weighted by molar-refractivity contribution is 0.615. The largest absolute Gasteiger partial charge is 0.175 e. The van der Waals surface area contributed by atoms with Gasteiger partial charge < -0.3 is 0 Å². The molecule has 1 aromatic rings. The van der Waals surface area contributed by atoms with Crippen LogP contribution in [0.25, 0.3) is 0 Å². The van der Waals surface area contributed by atoms with Gasteiger partial charge in [0.1, 0.15) is 0 Å². The molecule has 1 rings (SSSR count). The smallest absolute Gasteiger partial charge is 0.00828 e. The minimum absolute atomic E-state index is 0.493. The van der Waals surface area contributed by atoms with Gasteiger partial charge in [0, 0.05) is 5.25 Å². The highest BCUT2D eigenvalue weighted by Gasteiger charge is 2.15. The molecule has 0 N–H and O–H groups in total. The Morgan fingerprint density at radius 1 is 1.08 bits per heavy atom. The van der Waals surface area contributed by atoms with Crippen LogP contribution in [0.4, 0.5) is 0 Å². The van der Waals surface area contributed by atoms with E-state index in [0.717, 1.165) is 6.42 Å². The quantitative estimate of drug-likeness (QED) is 0.691. The van der Waals surface area contributed by atoms with Gasteiger partial charge in [-0.1, -0.05) is 44.2 Å². The third-order valence-corrected chi connectivity index (χ3v) is 3.28. The summed E-state index contributed by atoms with van der Waals surface area (Å²) < 4.78 is 0. The minimum Gasteiger partial charge on any atom is -0.175 e. The van der Waals surface area contributed by atoms with Gasteiger partial charge in [0.2, 0.25) is 0 Å². The first-order valence-electron chi connectivity index (χ1n) is 5.02. The van der Waals surface area contributed by atoms with E-state index in [1.54, 1.807) is 0 Å². The highest BCUT2D eigenvalue weighted by Crippen LogP contribution is 2.28. The van der Waals surface area contributed by atoms with Crippen molar-refractivity contribution >= 4 is 12.6 Å². The summed E-state index contributed by atoms with van der Waals surface area (Å²) >= 11 is 4.62. The lowest BCUT2D eigenvalue weighted by atomic mass is 9.92. The number of rotatable bonds is 4. The average Bonchev–Trinajstić information content (AvgIpc) is 2.20. The zero-order valence-electron chi connectivity index (χ0n) is 8.40. The Morgan fingerprint density at radius 3 is 2.15 bits per heavy atom. The van der Waals surface area contributed by atoms with E-state index in [-0.39, 0.29) is 0 Å². The van der Waals surface area contributed by atoms with Gasteiger partial charge in [0.15, 0.2) is 0 Å². The maximum Gasteiger partial charge on any atom is 0.00828 e. The van der Waals surface area contributed by atoms with Gasteiger partial charge in [-0.2, -0.15) is 12.6 Å². The van der Waals surface area contributed by atoms with E-state index in [1.807, 2.05) is 0 Å². The highest BCUT2D eigenvalue weighted by molar-refractivity contribution is 7.81. The zero-order valence-corrected chi connectivity index (χ0v) is 9.30. The van der Waals surface area contributed by atoms with E-state index >= 15 is 0 Å². The Morgan fingerprint density at radius 2 is 1.69 bits per heavy atom. The van der Waals surface area contributed by atoms with Crippen LogP contribution < -0.4 is 0 Å². The van der Waals surface area contributed by atoms with Crippen LogP contribution in [0.1, 0.15) is 38.2 Å². The predicted molar refractivity (Wildman–Crippen MR) is 62.5 cm³/mol. The fourth-order valence-corrected chi connectivity index (χ4v) is 2.10. The van der Waals surface area contributed by atoms with Crippen LogP contribution in [0.5, 0.6) is 0 Å². The van der Waals surface area contributed by atoms with Crippen molar-refractivity contribution in [3.63, 3.8) is 0 Å². The third kappa shape index (κ3) is 2.77. The molecule has 0 amide bonds. The van der Waals surface area contributed by atoms with Crippen molar-refractivity contribution in [3.05, 3.63) is 35.9 Å². The van der Waals surface area contributed by atoms with E-state index in [0.29, 0.717) is 11.2 Å². The fourth-order valence-electron chi connectivity index (χ4n) is 1.71. The zero-order chi connectivity index (χ0) is 9.68. The molecule has 2 atom stereocenters. The molecular weight excluding hydrogens is 176 g/mol. The number of thiol groups is 1. The number of benzene rings is 1.